The van der Waals surface area contributed by atoms with Crippen LogP contribution in [0.25, 0.3) is 5.52 Å². The van der Waals surface area contributed by atoms with Gasteiger partial charge in [-0.1, -0.05) is 39.8 Å². The van der Waals surface area contributed by atoms with Crippen LogP contribution < -0.4 is 21.1 Å². The van der Waals surface area contributed by atoms with Crippen LogP contribution in [0, 0.1) is 23.2 Å². The van der Waals surface area contributed by atoms with Gasteiger partial charge in [0.1, 0.15) is 42.4 Å². The highest BCUT2D eigenvalue weighted by Crippen LogP contribution is 2.47. The van der Waals surface area contributed by atoms with Crippen LogP contribution in [0.15, 0.2) is 42.7 Å². The van der Waals surface area contributed by atoms with Crippen LogP contribution in [-0.2, 0) is 58.4 Å². The van der Waals surface area contributed by atoms with Gasteiger partial charge in [0, 0.05) is 7.11 Å². The van der Waals surface area contributed by atoms with Gasteiger partial charge in [-0.2, -0.15) is 15.4 Å². The number of nitrogen functional groups attached to an aromatic ring is 1. The van der Waals surface area contributed by atoms with E-state index in [-0.39, 0.29) is 29.8 Å². The highest BCUT2D eigenvalue weighted by molar-refractivity contribution is 7.52. The average Bonchev–Trinajstić information content (AvgIpc) is 3.59. The Labute approximate surface area is 324 Å². The number of anilines is 1. The van der Waals surface area contributed by atoms with Crippen molar-refractivity contribution in [2.24, 2.45) is 17.6 Å². The van der Waals surface area contributed by atoms with Crippen molar-refractivity contribution < 1.29 is 56.5 Å². The van der Waals surface area contributed by atoms with Gasteiger partial charge in [0.05, 0.1) is 30.7 Å². The van der Waals surface area contributed by atoms with Gasteiger partial charge in [0.2, 0.25) is 5.60 Å². The molecule has 2 aromatic heterocycles. The summed E-state index contributed by atoms with van der Waals surface area (Å²) in [6.45, 7) is 10.0. The van der Waals surface area contributed by atoms with Crippen LogP contribution in [-0.4, -0.2) is 89.2 Å². The van der Waals surface area contributed by atoms with Crippen LogP contribution in [0.1, 0.15) is 65.8 Å². The molecule has 0 spiro atoms. The largest absolute Gasteiger partial charge is 0.468 e. The lowest BCUT2D eigenvalue weighted by Crippen LogP contribution is -2.54. The highest BCUT2D eigenvalue weighted by atomic mass is 31.2. The molecule has 0 saturated carbocycles. The van der Waals surface area contributed by atoms with Crippen molar-refractivity contribution in [1.29, 1.82) is 5.26 Å². The number of ether oxygens (including phenoxy) is 5. The molecular weight excluding hydrogens is 753 g/mol. The normalized spacial score (nSPS) is 15.9. The van der Waals surface area contributed by atoms with Gasteiger partial charge in [0.25, 0.3) is 0 Å². The number of benzene rings is 1. The molecule has 0 aliphatic carbocycles. The molecule has 3 rings (SSSR count). The van der Waals surface area contributed by atoms with Crippen molar-refractivity contribution >= 4 is 43.0 Å². The fraction of sp³-hybridized carbons (Fsp3) is 0.528. The molecule has 306 valence electrons. The van der Waals surface area contributed by atoms with Crippen LogP contribution in [0.4, 0.5) is 5.82 Å². The zero-order chi connectivity index (χ0) is 42.0. The second kappa shape index (κ2) is 19.6. The summed E-state index contributed by atoms with van der Waals surface area (Å²) in [7, 11) is -2.48. The number of carbonyl (C=O) groups is 4. The molecule has 56 heavy (non-hydrogen) atoms. The quantitative estimate of drug-likeness (QED) is 0.0840. The summed E-state index contributed by atoms with van der Waals surface area (Å²) < 4.78 is 55.0. The van der Waals surface area contributed by atoms with E-state index in [0.717, 1.165) is 20.5 Å². The first-order chi connectivity index (χ1) is 26.3. The minimum Gasteiger partial charge on any atom is -0.468 e. The summed E-state index contributed by atoms with van der Waals surface area (Å²) in [5.74, 6) is -4.36. The predicted octanol–water partition coefficient (Wildman–Crippen LogP) is 3.20. The third-order valence-electron chi connectivity index (χ3n) is 8.13. The highest BCUT2D eigenvalue weighted by Gasteiger charge is 2.53. The zero-order valence-corrected chi connectivity index (χ0v) is 33.7. The van der Waals surface area contributed by atoms with Gasteiger partial charge in [-0.3, -0.25) is 23.7 Å². The van der Waals surface area contributed by atoms with Crippen LogP contribution in [0.2, 0.25) is 0 Å². The van der Waals surface area contributed by atoms with Crippen LogP contribution in [0.3, 0.4) is 0 Å². The number of hydrogen-bond acceptors (Lipinski definition) is 17. The molecule has 5 N–H and O–H groups in total. The second-order valence-electron chi connectivity index (χ2n) is 13.6. The van der Waals surface area contributed by atoms with Gasteiger partial charge in [0.15, 0.2) is 18.0 Å². The predicted molar refractivity (Wildman–Crippen MR) is 199 cm³/mol. The van der Waals surface area contributed by atoms with Gasteiger partial charge in [-0.15, -0.1) is 0 Å². The van der Waals surface area contributed by atoms with E-state index in [2.05, 4.69) is 15.2 Å². The monoisotopic (exact) mass is 803 g/mol. The number of fused-ring (bicyclic) bond motifs is 1. The molecule has 3 aromatic rings. The number of methoxy groups -OCH3 is 2. The summed E-state index contributed by atoms with van der Waals surface area (Å²) in [5, 5.41) is 17.5. The summed E-state index contributed by atoms with van der Waals surface area (Å²) >= 11 is 0. The maximum atomic E-state index is 14.5. The molecule has 0 amide bonds. The lowest BCUT2D eigenvalue weighted by molar-refractivity contribution is -0.197. The van der Waals surface area contributed by atoms with E-state index in [4.69, 9.17) is 44.2 Å². The number of esters is 4. The van der Waals surface area contributed by atoms with E-state index in [1.807, 2.05) is 6.07 Å². The molecule has 6 atom stereocenters. The molecule has 0 radical (unpaired) electrons. The fourth-order valence-electron chi connectivity index (χ4n) is 5.01. The van der Waals surface area contributed by atoms with Gasteiger partial charge in [-0.05, 0) is 57.0 Å². The van der Waals surface area contributed by atoms with E-state index in [0.29, 0.717) is 11.1 Å². The fourth-order valence-corrected chi connectivity index (χ4v) is 6.53. The maximum absolute atomic E-state index is 14.5. The molecule has 0 bridgehead atoms. The first-order valence-corrected chi connectivity index (χ1v) is 19.1. The summed E-state index contributed by atoms with van der Waals surface area (Å²) in [6.07, 6.45) is -2.50. The third kappa shape index (κ3) is 11.5. The van der Waals surface area contributed by atoms with Crippen molar-refractivity contribution in [3.8, 4) is 11.8 Å². The molecule has 1 aromatic carbocycles. The molecule has 1 unspecified atom stereocenters. The van der Waals surface area contributed by atoms with Gasteiger partial charge >= 0.3 is 31.6 Å². The minimum absolute atomic E-state index is 0.0246. The number of rotatable bonds is 20. The Kier molecular flexibility index (Phi) is 15.9. The number of nitrogens with zero attached hydrogens (tertiary/aromatic N) is 4. The Morgan fingerprint density at radius 2 is 1.54 bits per heavy atom. The number of nitrogens with one attached hydrogen (secondary N) is 1. The SMILES string of the molecule is COC(=O)[C@H](C)NP(=O)(OC[C@@](C#N)(OC)[C@@H](OC(=O)C(C)C)[C@@H](OC(=O)C(C)C)c1ccc2c(N)ncnn12)Oc1ccc(C[C@H](N)C(=O)OC(C)C)cc1. The Balaban J connectivity index is 2.10. The smallest absolute Gasteiger partial charge is 0.459 e. The zero-order valence-electron chi connectivity index (χ0n) is 32.8. The third-order valence-corrected chi connectivity index (χ3v) is 9.76. The Morgan fingerprint density at radius 1 is 0.911 bits per heavy atom. The van der Waals surface area contributed by atoms with E-state index in [1.165, 1.54) is 35.7 Å². The lowest BCUT2D eigenvalue weighted by Gasteiger charge is -2.38. The Hall–Kier alpha value is -5.12. The molecule has 2 heterocycles. The number of aromatic nitrogens is 3. The van der Waals surface area contributed by atoms with Gasteiger partial charge < -0.3 is 39.7 Å². The molecule has 20 heteroatoms. The molecule has 0 aliphatic heterocycles. The summed E-state index contributed by atoms with van der Waals surface area (Å²) in [4.78, 5) is 55.2. The van der Waals surface area contributed by atoms with Crippen molar-refractivity contribution in [3.05, 3.63) is 54.0 Å². The maximum Gasteiger partial charge on any atom is 0.459 e. The van der Waals surface area contributed by atoms with E-state index in [1.54, 1.807) is 53.7 Å². The van der Waals surface area contributed by atoms with Crippen molar-refractivity contribution in [2.45, 2.75) is 90.9 Å². The molecule has 19 nitrogen and oxygen atoms in total. The van der Waals surface area contributed by atoms with Crippen molar-refractivity contribution in [3.63, 3.8) is 0 Å². The Morgan fingerprint density at radius 3 is 2.09 bits per heavy atom. The lowest BCUT2D eigenvalue weighted by atomic mass is 9.92. The number of nitriles is 1. The van der Waals surface area contributed by atoms with Crippen molar-refractivity contribution in [1.82, 2.24) is 19.7 Å². The van der Waals surface area contributed by atoms with Crippen molar-refractivity contribution in [2.75, 3.05) is 26.6 Å². The number of hydrogen-bond donors (Lipinski definition) is 3. The number of nitrogens with two attached hydrogens (primary N) is 2. The standard InChI is InChI=1S/C36H50N7O12P/c1-20(2)32(44)53-29(27-14-15-28-31(39)40-19-41-43(27)28)30(54-33(45)21(3)4)36(17-37,50-9)18-51-56(48,42-23(7)34(46)49-8)55-25-12-10-24(11-13-25)16-26(38)35(47)52-22(5)6/h10-15,19-23,26,29-30H,16,18,38H2,1-9H3,(H,42,48)(H2,39,40,41)/t23-,26-,29-,30-,36+,56?/m0/s1. The topological polar surface area (TPSA) is 268 Å². The molecule has 0 fully saturated rings. The van der Waals surface area contributed by atoms with Crippen LogP contribution >= 0.6 is 7.75 Å². The van der Waals surface area contributed by atoms with Crippen LogP contribution in [0.5, 0.6) is 5.75 Å². The van der Waals surface area contributed by atoms with Gasteiger partial charge in [-0.25, -0.2) is 14.1 Å². The average molecular weight is 804 g/mol. The first kappa shape index (κ1) is 45.3. The van der Waals surface area contributed by atoms with E-state index >= 15 is 0 Å². The Bertz CT molecular complexity index is 1930. The molecular formula is C36H50N7O12P. The number of carbonyl (C=O) groups excluding carboxylic acids is 4. The second-order valence-corrected chi connectivity index (χ2v) is 15.3. The minimum atomic E-state index is -4.70. The summed E-state index contributed by atoms with van der Waals surface area (Å²) in [6, 6.07) is 8.72. The first-order valence-electron chi connectivity index (χ1n) is 17.6. The molecule has 0 aliphatic rings. The van der Waals surface area contributed by atoms with E-state index < -0.39 is 80.0 Å². The van der Waals surface area contributed by atoms with E-state index in [9.17, 15) is 29.0 Å². The summed E-state index contributed by atoms with van der Waals surface area (Å²) in [5.41, 5.74) is 10.7. The molecule has 0 saturated heterocycles.